The number of hydrogen-bond donors (Lipinski definition) is 4. The lowest BCUT2D eigenvalue weighted by molar-refractivity contribution is -0.149. The minimum absolute atomic E-state index is 0.00950. The Labute approximate surface area is 255 Å². The number of hydrogen-bond acceptors (Lipinski definition) is 10. The van der Waals surface area contributed by atoms with Crippen LogP contribution in [-0.4, -0.2) is 102 Å². The Morgan fingerprint density at radius 2 is 1.41 bits per heavy atom. The van der Waals surface area contributed by atoms with Gasteiger partial charge in [0.15, 0.2) is 6.29 Å². The van der Waals surface area contributed by atoms with Gasteiger partial charge in [0.1, 0.15) is 6.04 Å². The number of aliphatic carboxylic acids is 1. The standard InChI is InChI=1S/C26H46N2O6S5/c1-17(23(29)27-12-6-10-21(27)25(31)32)14-36-37-16-20(9-5-4-8-19(3)35)39-38-15-18(2)24(30)28-13-7-11-22(28)26(33)34/h17-22,26,33-35H,4-16H2,1-3H3,(H,31,32). The van der Waals surface area contributed by atoms with Crippen molar-refractivity contribution in [1.82, 2.24) is 9.80 Å². The second-order valence-corrected chi connectivity index (χ2v) is 16.8. The van der Waals surface area contributed by atoms with Crippen LogP contribution in [0.3, 0.4) is 0 Å². The number of aliphatic hydroxyl groups is 2. The Morgan fingerprint density at radius 1 is 0.846 bits per heavy atom. The summed E-state index contributed by atoms with van der Waals surface area (Å²) in [7, 11) is 6.96. The van der Waals surface area contributed by atoms with Crippen LogP contribution in [-0.2, 0) is 14.4 Å². The predicted octanol–water partition coefficient (Wildman–Crippen LogP) is 4.65. The van der Waals surface area contributed by atoms with Crippen molar-refractivity contribution in [1.29, 1.82) is 0 Å². The molecule has 0 aromatic rings. The van der Waals surface area contributed by atoms with Gasteiger partial charge in [0, 0.05) is 47.4 Å². The number of rotatable bonds is 18. The van der Waals surface area contributed by atoms with E-state index in [2.05, 4.69) is 19.6 Å². The van der Waals surface area contributed by atoms with Gasteiger partial charge in [-0.1, -0.05) is 76.8 Å². The van der Waals surface area contributed by atoms with E-state index in [1.807, 2.05) is 24.6 Å². The lowest BCUT2D eigenvalue weighted by atomic mass is 10.1. The number of unbranched alkanes of at least 4 members (excludes halogenated alkanes) is 1. The number of nitrogens with zero attached hydrogens (tertiary/aromatic N) is 2. The second-order valence-electron chi connectivity index (χ2n) is 10.7. The van der Waals surface area contributed by atoms with Gasteiger partial charge < -0.3 is 25.1 Å². The van der Waals surface area contributed by atoms with Crippen LogP contribution < -0.4 is 0 Å². The van der Waals surface area contributed by atoms with Gasteiger partial charge in [0.2, 0.25) is 11.8 Å². The topological polar surface area (TPSA) is 118 Å². The third-order valence-electron chi connectivity index (χ3n) is 7.17. The van der Waals surface area contributed by atoms with E-state index in [1.54, 1.807) is 37.3 Å². The van der Waals surface area contributed by atoms with E-state index >= 15 is 0 Å². The van der Waals surface area contributed by atoms with Crippen LogP contribution in [0.1, 0.15) is 72.1 Å². The van der Waals surface area contributed by atoms with Gasteiger partial charge in [-0.05, 0) is 43.8 Å². The van der Waals surface area contributed by atoms with Crippen molar-refractivity contribution in [2.45, 2.75) is 101 Å². The average molecular weight is 643 g/mol. The van der Waals surface area contributed by atoms with Gasteiger partial charge in [-0.15, -0.1) is 0 Å². The van der Waals surface area contributed by atoms with Crippen LogP contribution in [0.15, 0.2) is 0 Å². The maximum absolute atomic E-state index is 12.9. The van der Waals surface area contributed by atoms with Gasteiger partial charge in [-0.25, -0.2) is 4.79 Å². The highest BCUT2D eigenvalue weighted by Gasteiger charge is 2.36. The van der Waals surface area contributed by atoms with E-state index in [1.165, 1.54) is 4.90 Å². The molecule has 39 heavy (non-hydrogen) atoms. The van der Waals surface area contributed by atoms with Crippen molar-refractivity contribution in [3.8, 4) is 0 Å². The molecule has 2 rings (SSSR count). The summed E-state index contributed by atoms with van der Waals surface area (Å²) in [5, 5.41) is 29.4. The maximum Gasteiger partial charge on any atom is 0.326 e. The maximum atomic E-state index is 12.9. The summed E-state index contributed by atoms with van der Waals surface area (Å²) in [5.74, 6) is 0.833. The molecule has 0 saturated carbocycles. The van der Waals surface area contributed by atoms with Crippen LogP contribution in [0.2, 0.25) is 0 Å². The Kier molecular flexibility index (Phi) is 16.8. The van der Waals surface area contributed by atoms with E-state index in [0.29, 0.717) is 47.9 Å². The van der Waals surface area contributed by atoms with Gasteiger partial charge in [0.25, 0.3) is 0 Å². The molecule has 0 aliphatic carbocycles. The quantitative estimate of drug-likeness (QED) is 0.0729. The number of carbonyl (C=O) groups excluding carboxylic acids is 2. The van der Waals surface area contributed by atoms with Gasteiger partial charge in [-0.3, -0.25) is 9.59 Å². The Morgan fingerprint density at radius 3 is 2.05 bits per heavy atom. The van der Waals surface area contributed by atoms with Crippen LogP contribution in [0.25, 0.3) is 0 Å². The van der Waals surface area contributed by atoms with Crippen molar-refractivity contribution in [2.75, 3.05) is 30.3 Å². The smallest absolute Gasteiger partial charge is 0.326 e. The number of aliphatic hydroxyl groups excluding tert-OH is 1. The molecule has 2 saturated heterocycles. The molecule has 3 N–H and O–H groups in total. The molecular formula is C26H46N2O6S5. The van der Waals surface area contributed by atoms with Crippen LogP contribution in [0, 0.1) is 11.8 Å². The molecule has 2 amide bonds. The molecule has 2 aliphatic heterocycles. The van der Waals surface area contributed by atoms with Crippen LogP contribution >= 0.6 is 55.8 Å². The largest absolute Gasteiger partial charge is 0.480 e. The zero-order valence-electron chi connectivity index (χ0n) is 23.3. The minimum Gasteiger partial charge on any atom is -0.480 e. The molecule has 0 radical (unpaired) electrons. The first kappa shape index (κ1) is 35.3. The predicted molar refractivity (Wildman–Crippen MR) is 169 cm³/mol. The highest BCUT2D eigenvalue weighted by atomic mass is 33.1. The summed E-state index contributed by atoms with van der Waals surface area (Å²) in [4.78, 5) is 40.3. The fourth-order valence-electron chi connectivity index (χ4n) is 4.85. The summed E-state index contributed by atoms with van der Waals surface area (Å²) in [5.41, 5.74) is 0. The summed E-state index contributed by atoms with van der Waals surface area (Å²) in [6.45, 7) is 7.01. The molecule has 0 aromatic heterocycles. The second kappa shape index (κ2) is 18.6. The molecular weight excluding hydrogens is 597 g/mol. The van der Waals surface area contributed by atoms with Crippen molar-refractivity contribution in [3.05, 3.63) is 0 Å². The highest BCUT2D eigenvalue weighted by molar-refractivity contribution is 8.78. The fourth-order valence-corrected chi connectivity index (χ4v) is 11.4. The van der Waals surface area contributed by atoms with Crippen molar-refractivity contribution in [3.63, 3.8) is 0 Å². The third kappa shape index (κ3) is 12.1. The summed E-state index contributed by atoms with van der Waals surface area (Å²) in [6, 6.07) is -1.18. The van der Waals surface area contributed by atoms with Crippen LogP contribution in [0.4, 0.5) is 0 Å². The van der Waals surface area contributed by atoms with Crippen molar-refractivity contribution >= 4 is 73.6 Å². The molecule has 0 spiro atoms. The molecule has 0 bridgehead atoms. The minimum atomic E-state index is -1.49. The van der Waals surface area contributed by atoms with E-state index < -0.39 is 24.3 Å². The zero-order chi connectivity index (χ0) is 28.9. The monoisotopic (exact) mass is 642 g/mol. The molecule has 8 nitrogen and oxygen atoms in total. The van der Waals surface area contributed by atoms with Gasteiger partial charge >= 0.3 is 5.97 Å². The molecule has 0 aromatic carbocycles. The SMILES string of the molecule is CC(S)CCCCC(CSSCC(C)C(=O)N1CCCC1C(=O)O)SSCC(C)C(=O)N1CCCC1C(O)O. The first-order valence-corrected chi connectivity index (χ1v) is 19.3. The number of amides is 2. The van der Waals surface area contributed by atoms with E-state index in [9.17, 15) is 29.7 Å². The lowest BCUT2D eigenvalue weighted by Crippen LogP contribution is -2.45. The Bertz CT molecular complexity index is 777. The lowest BCUT2D eigenvalue weighted by Gasteiger charge is -2.28. The molecule has 2 heterocycles. The van der Waals surface area contributed by atoms with E-state index in [4.69, 9.17) is 0 Å². The molecule has 6 atom stereocenters. The number of thiol groups is 1. The molecule has 6 unspecified atom stereocenters. The third-order valence-corrected chi connectivity index (χ3v) is 13.4. The molecule has 2 fully saturated rings. The number of carboxylic acids is 1. The Balaban J connectivity index is 1.77. The fraction of sp³-hybridized carbons (Fsp3) is 0.885. The summed E-state index contributed by atoms with van der Waals surface area (Å²) >= 11 is 4.48. The molecule has 13 heteroatoms. The molecule has 226 valence electrons. The zero-order valence-corrected chi connectivity index (χ0v) is 27.4. The number of likely N-dealkylation sites (tertiary alicyclic amines) is 2. The van der Waals surface area contributed by atoms with Crippen molar-refractivity contribution in [2.24, 2.45) is 11.8 Å². The van der Waals surface area contributed by atoms with Gasteiger partial charge in [-0.2, -0.15) is 12.6 Å². The Hall–Kier alpha value is 0.0800. The normalized spacial score (nSPS) is 22.7. The summed E-state index contributed by atoms with van der Waals surface area (Å²) < 4.78 is 0. The first-order chi connectivity index (χ1) is 18.5. The number of carbonyl (C=O) groups is 3. The highest BCUT2D eigenvalue weighted by Crippen LogP contribution is 2.37. The van der Waals surface area contributed by atoms with E-state index in [0.717, 1.165) is 44.3 Å². The van der Waals surface area contributed by atoms with E-state index in [-0.39, 0.29) is 23.7 Å². The van der Waals surface area contributed by atoms with Crippen molar-refractivity contribution < 1.29 is 29.7 Å². The number of carboxylic acid groups (broad SMARTS) is 1. The first-order valence-electron chi connectivity index (χ1n) is 13.9. The van der Waals surface area contributed by atoms with Crippen LogP contribution in [0.5, 0.6) is 0 Å². The molecule has 2 aliphatic rings. The van der Waals surface area contributed by atoms with Gasteiger partial charge in [0.05, 0.1) is 6.04 Å². The average Bonchev–Trinajstić information content (AvgIpc) is 3.57. The summed E-state index contributed by atoms with van der Waals surface area (Å²) in [6.07, 6.45) is 5.62.